The maximum atomic E-state index is 3.83. The molecule has 0 aromatic carbocycles. The number of thiophene rings is 2. The van der Waals surface area contributed by atoms with Crippen molar-refractivity contribution in [1.82, 2.24) is 5.32 Å². The van der Waals surface area contributed by atoms with Crippen molar-refractivity contribution in [1.29, 1.82) is 0 Å². The summed E-state index contributed by atoms with van der Waals surface area (Å²) >= 11 is 3.72. The molecule has 1 N–H and O–H groups in total. The molecule has 0 saturated carbocycles. The van der Waals surface area contributed by atoms with E-state index in [1.165, 1.54) is 22.6 Å². The lowest BCUT2D eigenvalue weighted by molar-refractivity contribution is 0.421. The van der Waals surface area contributed by atoms with E-state index in [1.807, 2.05) is 22.7 Å². The van der Waals surface area contributed by atoms with E-state index in [0.29, 0.717) is 12.1 Å². The second-order valence-corrected chi connectivity index (χ2v) is 6.46. The molecule has 0 aliphatic heterocycles. The summed E-state index contributed by atoms with van der Waals surface area (Å²) in [6.45, 7) is 4.52. The molecule has 18 heavy (non-hydrogen) atoms. The molecule has 98 valence electrons. The van der Waals surface area contributed by atoms with Crippen LogP contribution in [0.4, 0.5) is 0 Å². The highest BCUT2D eigenvalue weighted by Gasteiger charge is 2.17. The highest BCUT2D eigenvalue weighted by atomic mass is 32.1. The van der Waals surface area contributed by atoms with Crippen LogP contribution in [0.25, 0.3) is 0 Å². The van der Waals surface area contributed by atoms with Gasteiger partial charge in [0.15, 0.2) is 0 Å². The summed E-state index contributed by atoms with van der Waals surface area (Å²) in [5.74, 6) is 0. The molecule has 0 fully saturated rings. The second kappa shape index (κ2) is 7.07. The van der Waals surface area contributed by atoms with E-state index in [-0.39, 0.29) is 0 Å². The Morgan fingerprint density at radius 3 is 2.06 bits per heavy atom. The summed E-state index contributed by atoms with van der Waals surface area (Å²) in [5.41, 5.74) is 0. The standard InChI is InChI=1S/C15H21NS2/c1-3-7-13(15-9-6-11-18-15)16-12(4-2)14-8-5-10-17-14/h5-6,8-13,16H,3-4,7H2,1-2H3. The van der Waals surface area contributed by atoms with Gasteiger partial charge in [-0.25, -0.2) is 0 Å². The third-order valence-corrected chi connectivity index (χ3v) is 5.13. The highest BCUT2D eigenvalue weighted by molar-refractivity contribution is 7.10. The fourth-order valence-electron chi connectivity index (χ4n) is 2.22. The Morgan fingerprint density at radius 2 is 1.61 bits per heavy atom. The Balaban J connectivity index is 2.08. The van der Waals surface area contributed by atoms with Crippen LogP contribution in [0.3, 0.4) is 0 Å². The summed E-state index contributed by atoms with van der Waals surface area (Å²) in [6.07, 6.45) is 3.57. The maximum Gasteiger partial charge on any atom is 0.0419 e. The number of nitrogens with one attached hydrogen (secondary N) is 1. The molecule has 0 aliphatic carbocycles. The summed E-state index contributed by atoms with van der Waals surface area (Å²) in [6, 6.07) is 9.77. The van der Waals surface area contributed by atoms with Gasteiger partial charge in [0.25, 0.3) is 0 Å². The van der Waals surface area contributed by atoms with E-state index in [4.69, 9.17) is 0 Å². The van der Waals surface area contributed by atoms with Crippen LogP contribution >= 0.6 is 22.7 Å². The molecule has 0 bridgehead atoms. The molecule has 0 spiro atoms. The Bertz CT molecular complexity index is 419. The molecule has 2 aromatic rings. The van der Waals surface area contributed by atoms with Crippen LogP contribution in [0.15, 0.2) is 35.0 Å². The van der Waals surface area contributed by atoms with Gasteiger partial charge in [0.1, 0.15) is 0 Å². The van der Waals surface area contributed by atoms with Crippen LogP contribution in [0.5, 0.6) is 0 Å². The molecule has 1 nitrogen and oxygen atoms in total. The van der Waals surface area contributed by atoms with Crippen molar-refractivity contribution < 1.29 is 0 Å². The highest BCUT2D eigenvalue weighted by Crippen LogP contribution is 2.29. The van der Waals surface area contributed by atoms with Crippen molar-refractivity contribution >= 4 is 22.7 Å². The lowest BCUT2D eigenvalue weighted by atomic mass is 10.1. The molecular weight excluding hydrogens is 258 g/mol. The smallest absolute Gasteiger partial charge is 0.0419 e. The average Bonchev–Trinajstić information content (AvgIpc) is 3.06. The zero-order valence-corrected chi connectivity index (χ0v) is 12.7. The van der Waals surface area contributed by atoms with Crippen molar-refractivity contribution in [3.63, 3.8) is 0 Å². The summed E-state index contributed by atoms with van der Waals surface area (Å²) < 4.78 is 0. The van der Waals surface area contributed by atoms with Crippen LogP contribution in [0.1, 0.15) is 54.9 Å². The van der Waals surface area contributed by atoms with Crippen LogP contribution < -0.4 is 5.32 Å². The molecule has 3 heteroatoms. The van der Waals surface area contributed by atoms with Crippen LogP contribution in [-0.4, -0.2) is 0 Å². The molecule has 2 atom stereocenters. The van der Waals surface area contributed by atoms with Crippen LogP contribution in [0.2, 0.25) is 0 Å². The van der Waals surface area contributed by atoms with Crippen LogP contribution in [-0.2, 0) is 0 Å². The third-order valence-electron chi connectivity index (χ3n) is 3.16. The van der Waals surface area contributed by atoms with E-state index in [0.717, 1.165) is 6.42 Å². The van der Waals surface area contributed by atoms with Crippen molar-refractivity contribution in [3.05, 3.63) is 44.8 Å². The van der Waals surface area contributed by atoms with E-state index in [1.54, 1.807) is 0 Å². The normalized spacial score (nSPS) is 14.6. The topological polar surface area (TPSA) is 12.0 Å². The van der Waals surface area contributed by atoms with Crippen molar-refractivity contribution in [2.75, 3.05) is 0 Å². The maximum absolute atomic E-state index is 3.83. The Kier molecular flexibility index (Phi) is 5.42. The third kappa shape index (κ3) is 3.44. The Hall–Kier alpha value is -0.640. The van der Waals surface area contributed by atoms with Gasteiger partial charge in [0.05, 0.1) is 0 Å². The average molecular weight is 279 g/mol. The molecule has 2 aromatic heterocycles. The quantitative estimate of drug-likeness (QED) is 0.716. The second-order valence-electron chi connectivity index (χ2n) is 4.50. The van der Waals surface area contributed by atoms with E-state index in [2.05, 4.69) is 54.2 Å². The molecule has 2 rings (SSSR count). The van der Waals surface area contributed by atoms with Gasteiger partial charge in [-0.05, 0) is 35.7 Å². The molecule has 0 amide bonds. The van der Waals surface area contributed by atoms with E-state index >= 15 is 0 Å². The fraction of sp³-hybridized carbons (Fsp3) is 0.467. The minimum absolute atomic E-state index is 0.489. The molecule has 0 saturated heterocycles. The molecule has 0 radical (unpaired) electrons. The van der Waals surface area contributed by atoms with Crippen molar-refractivity contribution in [2.24, 2.45) is 0 Å². The monoisotopic (exact) mass is 279 g/mol. The van der Waals surface area contributed by atoms with Gasteiger partial charge < -0.3 is 5.32 Å². The lowest BCUT2D eigenvalue weighted by Gasteiger charge is -2.23. The largest absolute Gasteiger partial charge is 0.302 e. The van der Waals surface area contributed by atoms with E-state index in [9.17, 15) is 0 Å². The number of rotatable bonds is 7. The first-order chi connectivity index (χ1) is 8.85. The first-order valence-corrected chi connectivity index (χ1v) is 8.44. The van der Waals surface area contributed by atoms with Gasteiger partial charge >= 0.3 is 0 Å². The molecule has 0 aliphatic rings. The molecule has 2 unspecified atom stereocenters. The van der Waals surface area contributed by atoms with Gasteiger partial charge in [-0.3, -0.25) is 0 Å². The van der Waals surface area contributed by atoms with Crippen molar-refractivity contribution in [3.8, 4) is 0 Å². The SMILES string of the molecule is CCCC(NC(CC)c1cccs1)c1cccs1. The zero-order valence-electron chi connectivity index (χ0n) is 11.1. The van der Waals surface area contributed by atoms with E-state index < -0.39 is 0 Å². The van der Waals surface area contributed by atoms with Gasteiger partial charge in [0, 0.05) is 21.8 Å². The van der Waals surface area contributed by atoms with Gasteiger partial charge in [-0.2, -0.15) is 0 Å². The van der Waals surface area contributed by atoms with Gasteiger partial charge in [-0.1, -0.05) is 32.4 Å². The number of hydrogen-bond donors (Lipinski definition) is 1. The predicted octanol–water partition coefficient (Wildman–Crippen LogP) is 5.39. The van der Waals surface area contributed by atoms with Crippen molar-refractivity contribution in [2.45, 2.75) is 45.2 Å². The zero-order chi connectivity index (χ0) is 12.8. The number of hydrogen-bond acceptors (Lipinski definition) is 3. The minimum Gasteiger partial charge on any atom is -0.302 e. The fourth-order valence-corrected chi connectivity index (χ4v) is 3.91. The minimum atomic E-state index is 0.489. The summed E-state index contributed by atoms with van der Waals surface area (Å²) in [4.78, 5) is 2.92. The molecular formula is C15H21NS2. The Labute approximate surface area is 118 Å². The van der Waals surface area contributed by atoms with Gasteiger partial charge in [0.2, 0.25) is 0 Å². The van der Waals surface area contributed by atoms with Gasteiger partial charge in [-0.15, -0.1) is 22.7 Å². The molecule has 2 heterocycles. The van der Waals surface area contributed by atoms with Crippen LogP contribution in [0, 0.1) is 0 Å². The first kappa shape index (κ1) is 13.8. The first-order valence-electron chi connectivity index (χ1n) is 6.68. The summed E-state index contributed by atoms with van der Waals surface area (Å²) in [7, 11) is 0. The lowest BCUT2D eigenvalue weighted by Crippen LogP contribution is -2.25. The summed E-state index contributed by atoms with van der Waals surface area (Å²) in [5, 5.41) is 8.17. The predicted molar refractivity (Wildman–Crippen MR) is 82.5 cm³/mol. The Morgan fingerprint density at radius 1 is 1.00 bits per heavy atom.